The largest absolute Gasteiger partial charge is 0.376 e. The molecule has 1 aliphatic rings. The molecule has 1 amide bonds. The molecule has 23 heavy (non-hydrogen) atoms. The summed E-state index contributed by atoms with van der Waals surface area (Å²) in [6.07, 6.45) is 1.18. The van der Waals surface area contributed by atoms with Gasteiger partial charge in [0.2, 0.25) is 5.91 Å². The third-order valence-corrected chi connectivity index (χ3v) is 4.46. The van der Waals surface area contributed by atoms with Crippen LogP contribution in [0.2, 0.25) is 0 Å². The van der Waals surface area contributed by atoms with Crippen molar-refractivity contribution in [3.8, 4) is 0 Å². The molecule has 1 N–H and O–H groups in total. The molecule has 0 spiro atoms. The minimum atomic E-state index is 0.0360. The zero-order chi connectivity index (χ0) is 16.2. The molecule has 2 aromatic carbocycles. The molecule has 0 unspecified atom stereocenters. The van der Waals surface area contributed by atoms with Crippen LogP contribution in [0.25, 0.3) is 10.8 Å². The second-order valence-electron chi connectivity index (χ2n) is 6.21. The predicted molar refractivity (Wildman–Crippen MR) is 93.6 cm³/mol. The van der Waals surface area contributed by atoms with Crippen LogP contribution < -0.4 is 5.32 Å². The Morgan fingerprint density at radius 2 is 2.04 bits per heavy atom. The number of benzene rings is 2. The number of carbonyl (C=O) groups excluding carboxylic acids is 1. The van der Waals surface area contributed by atoms with E-state index in [2.05, 4.69) is 36.2 Å². The Balaban J connectivity index is 1.71. The lowest BCUT2D eigenvalue weighted by molar-refractivity contribution is -0.121. The number of morpholine rings is 1. The van der Waals surface area contributed by atoms with Crippen LogP contribution in [0.3, 0.4) is 0 Å². The number of nitrogens with one attached hydrogen (secondary N) is 1. The topological polar surface area (TPSA) is 41.6 Å². The number of amides is 1. The fraction of sp³-hybridized carbons (Fsp3) is 0.421. The van der Waals surface area contributed by atoms with Crippen LogP contribution in [0.4, 0.5) is 5.69 Å². The van der Waals surface area contributed by atoms with E-state index in [1.54, 1.807) is 0 Å². The fourth-order valence-electron chi connectivity index (χ4n) is 3.19. The molecule has 2 aromatic rings. The summed E-state index contributed by atoms with van der Waals surface area (Å²) in [5.74, 6) is 0.0360. The third-order valence-electron chi connectivity index (χ3n) is 4.46. The van der Waals surface area contributed by atoms with Crippen molar-refractivity contribution in [2.75, 3.05) is 25.0 Å². The van der Waals surface area contributed by atoms with E-state index >= 15 is 0 Å². The van der Waals surface area contributed by atoms with E-state index in [1.807, 2.05) is 30.3 Å². The van der Waals surface area contributed by atoms with Gasteiger partial charge >= 0.3 is 0 Å². The van der Waals surface area contributed by atoms with Crippen LogP contribution in [-0.4, -0.2) is 42.6 Å². The van der Waals surface area contributed by atoms with Gasteiger partial charge in [-0.2, -0.15) is 0 Å². The molecule has 122 valence electrons. The van der Waals surface area contributed by atoms with Gasteiger partial charge in [0.25, 0.3) is 0 Å². The Morgan fingerprint density at radius 3 is 2.87 bits per heavy atom. The summed E-state index contributed by atoms with van der Waals surface area (Å²) in [5, 5.41) is 5.28. The quantitative estimate of drug-likeness (QED) is 0.942. The van der Waals surface area contributed by atoms with Gasteiger partial charge < -0.3 is 10.1 Å². The Morgan fingerprint density at radius 1 is 1.26 bits per heavy atom. The first-order valence-corrected chi connectivity index (χ1v) is 8.30. The molecule has 1 fully saturated rings. The smallest absolute Gasteiger partial charge is 0.238 e. The highest BCUT2D eigenvalue weighted by Gasteiger charge is 2.27. The molecule has 4 nitrogen and oxygen atoms in total. The molecule has 0 radical (unpaired) electrons. The van der Waals surface area contributed by atoms with Crippen molar-refractivity contribution in [3.05, 3.63) is 42.5 Å². The van der Waals surface area contributed by atoms with Gasteiger partial charge in [-0.15, -0.1) is 0 Å². The first kappa shape index (κ1) is 16.0. The fourth-order valence-corrected chi connectivity index (χ4v) is 3.19. The van der Waals surface area contributed by atoms with Gasteiger partial charge in [-0.25, -0.2) is 0 Å². The summed E-state index contributed by atoms with van der Waals surface area (Å²) < 4.78 is 5.70. The Kier molecular flexibility index (Phi) is 4.94. The molecule has 0 aromatic heterocycles. The minimum Gasteiger partial charge on any atom is -0.376 e. The third kappa shape index (κ3) is 3.71. The predicted octanol–water partition coefficient (Wildman–Crippen LogP) is 3.28. The standard InChI is InChI=1S/C19H24N2O2/c1-3-16-13-23-14(2)11-21(16)12-19(22)20-18-10-6-8-15-7-4-5-9-17(15)18/h4-10,14,16H,3,11-13H2,1-2H3,(H,20,22)/t14-,16-/m0/s1. The van der Waals surface area contributed by atoms with E-state index in [0.29, 0.717) is 19.2 Å². The molecule has 3 rings (SSSR count). The maximum Gasteiger partial charge on any atom is 0.238 e. The molecule has 2 atom stereocenters. The van der Waals surface area contributed by atoms with Gasteiger partial charge in [0.05, 0.1) is 19.3 Å². The Hall–Kier alpha value is -1.91. The number of hydrogen-bond acceptors (Lipinski definition) is 3. The number of rotatable bonds is 4. The van der Waals surface area contributed by atoms with E-state index in [9.17, 15) is 4.79 Å². The van der Waals surface area contributed by atoms with Gasteiger partial charge in [0.1, 0.15) is 0 Å². The van der Waals surface area contributed by atoms with Gasteiger partial charge in [-0.3, -0.25) is 9.69 Å². The van der Waals surface area contributed by atoms with E-state index in [0.717, 1.165) is 29.4 Å². The Labute approximate surface area is 137 Å². The number of nitrogens with zero attached hydrogens (tertiary/aromatic N) is 1. The minimum absolute atomic E-state index is 0.0360. The van der Waals surface area contributed by atoms with Crippen molar-refractivity contribution in [1.82, 2.24) is 4.90 Å². The molecule has 1 heterocycles. The molecular formula is C19H24N2O2. The highest BCUT2D eigenvalue weighted by atomic mass is 16.5. The summed E-state index contributed by atoms with van der Waals surface area (Å²) in [5.41, 5.74) is 0.877. The first-order chi connectivity index (χ1) is 11.2. The second-order valence-corrected chi connectivity index (χ2v) is 6.21. The van der Waals surface area contributed by atoms with Crippen LogP contribution in [-0.2, 0) is 9.53 Å². The van der Waals surface area contributed by atoms with Gasteiger partial charge in [0.15, 0.2) is 0 Å². The lowest BCUT2D eigenvalue weighted by Gasteiger charge is -2.37. The molecule has 0 bridgehead atoms. The van der Waals surface area contributed by atoms with Crippen LogP contribution in [0.1, 0.15) is 20.3 Å². The molecular weight excluding hydrogens is 288 g/mol. The van der Waals surface area contributed by atoms with E-state index < -0.39 is 0 Å². The highest BCUT2D eigenvalue weighted by molar-refractivity contribution is 6.02. The number of anilines is 1. The summed E-state index contributed by atoms with van der Waals surface area (Å²) in [6, 6.07) is 14.4. The van der Waals surface area contributed by atoms with Crippen LogP contribution >= 0.6 is 0 Å². The average molecular weight is 312 g/mol. The van der Waals surface area contributed by atoms with Gasteiger partial charge in [0, 0.05) is 23.7 Å². The van der Waals surface area contributed by atoms with Crippen molar-refractivity contribution in [2.45, 2.75) is 32.4 Å². The van der Waals surface area contributed by atoms with E-state index in [1.165, 1.54) is 0 Å². The van der Waals surface area contributed by atoms with Crippen LogP contribution in [0.5, 0.6) is 0 Å². The maximum absolute atomic E-state index is 12.5. The number of ether oxygens (including phenoxy) is 1. The lowest BCUT2D eigenvalue weighted by Crippen LogP contribution is -2.51. The molecule has 0 saturated carbocycles. The summed E-state index contributed by atoms with van der Waals surface area (Å²) in [7, 11) is 0. The lowest BCUT2D eigenvalue weighted by atomic mass is 10.1. The maximum atomic E-state index is 12.5. The van der Waals surface area contributed by atoms with E-state index in [4.69, 9.17) is 4.74 Å². The number of fused-ring (bicyclic) bond motifs is 1. The number of hydrogen-bond donors (Lipinski definition) is 1. The SMILES string of the molecule is CC[C@H]1CO[C@@H](C)CN1CC(=O)Nc1cccc2ccccc12. The van der Waals surface area contributed by atoms with Crippen molar-refractivity contribution < 1.29 is 9.53 Å². The van der Waals surface area contributed by atoms with E-state index in [-0.39, 0.29) is 12.0 Å². The van der Waals surface area contributed by atoms with Crippen molar-refractivity contribution >= 4 is 22.4 Å². The number of carbonyl (C=O) groups is 1. The van der Waals surface area contributed by atoms with Crippen molar-refractivity contribution in [1.29, 1.82) is 0 Å². The molecule has 1 aliphatic heterocycles. The van der Waals surface area contributed by atoms with Crippen LogP contribution in [0.15, 0.2) is 42.5 Å². The van der Waals surface area contributed by atoms with Crippen molar-refractivity contribution in [3.63, 3.8) is 0 Å². The Bertz CT molecular complexity index is 681. The summed E-state index contributed by atoms with van der Waals surface area (Å²) in [6.45, 7) is 6.12. The average Bonchev–Trinajstić information content (AvgIpc) is 2.55. The normalized spacial score (nSPS) is 22.2. The zero-order valence-corrected chi connectivity index (χ0v) is 13.8. The first-order valence-electron chi connectivity index (χ1n) is 8.30. The molecule has 0 aliphatic carbocycles. The summed E-state index contributed by atoms with van der Waals surface area (Å²) >= 11 is 0. The van der Waals surface area contributed by atoms with Crippen LogP contribution in [0, 0.1) is 0 Å². The highest BCUT2D eigenvalue weighted by Crippen LogP contribution is 2.23. The monoisotopic (exact) mass is 312 g/mol. The summed E-state index contributed by atoms with van der Waals surface area (Å²) in [4.78, 5) is 14.7. The molecule has 4 heteroatoms. The zero-order valence-electron chi connectivity index (χ0n) is 13.8. The second kappa shape index (κ2) is 7.11. The molecule has 1 saturated heterocycles. The van der Waals surface area contributed by atoms with Crippen molar-refractivity contribution in [2.24, 2.45) is 0 Å². The van der Waals surface area contributed by atoms with Gasteiger partial charge in [-0.1, -0.05) is 43.3 Å². The van der Waals surface area contributed by atoms with Gasteiger partial charge in [-0.05, 0) is 24.8 Å².